The van der Waals surface area contributed by atoms with Crippen molar-refractivity contribution < 1.29 is 29.7 Å². The SMILES string of the molecule is CC1(C)[C@H](C(=O)O)N2C(=O)C[C@H]2S1(CO)C(=O)NCCO. The first kappa shape index (κ1) is 16.1. The van der Waals surface area contributed by atoms with Crippen LogP contribution in [0.25, 0.3) is 0 Å². The lowest BCUT2D eigenvalue weighted by Gasteiger charge is -2.48. The second-order valence-electron chi connectivity index (χ2n) is 5.66. The molecule has 2 fully saturated rings. The minimum atomic E-state index is -2.48. The van der Waals surface area contributed by atoms with Crippen LogP contribution in [-0.4, -0.2) is 72.6 Å². The highest BCUT2D eigenvalue weighted by atomic mass is 32.3. The summed E-state index contributed by atoms with van der Waals surface area (Å²) in [4.78, 5) is 37.1. The smallest absolute Gasteiger partial charge is 0.327 e. The number of hydrogen-bond donors (Lipinski definition) is 4. The fourth-order valence-corrected chi connectivity index (χ4v) is 7.38. The van der Waals surface area contributed by atoms with Gasteiger partial charge in [-0.25, -0.2) is 4.79 Å². The van der Waals surface area contributed by atoms with E-state index >= 15 is 0 Å². The van der Waals surface area contributed by atoms with E-state index in [0.29, 0.717) is 0 Å². The third-order valence-corrected chi connectivity index (χ3v) is 9.07. The standard InChI is InChI=1S/C12H20N2O6S/c1-12(2)9(10(18)19)14-7(17)5-8(14)21(12,6-16)11(20)13-3-4-15/h8-9,15-16H,3-6H2,1-2H3,(H,13,20)(H,18,19)/t8-,9+/m1/s1. The number of hydrogen-bond acceptors (Lipinski definition) is 5. The molecule has 2 aliphatic heterocycles. The number of β-lactam (4-membered cyclic amide) rings is 1. The number of rotatable bonds is 4. The first-order chi connectivity index (χ1) is 9.75. The summed E-state index contributed by atoms with van der Waals surface area (Å²) in [6, 6.07) is -1.12. The monoisotopic (exact) mass is 320 g/mol. The van der Waals surface area contributed by atoms with Crippen molar-refractivity contribution >= 4 is 27.1 Å². The van der Waals surface area contributed by atoms with Crippen LogP contribution in [-0.2, 0) is 9.59 Å². The Labute approximate surface area is 123 Å². The number of carbonyl (C=O) groups excluding carboxylic acids is 2. The number of nitrogens with zero attached hydrogens (tertiary/aromatic N) is 1. The average Bonchev–Trinajstić information content (AvgIpc) is 2.57. The van der Waals surface area contributed by atoms with Gasteiger partial charge in [-0.2, -0.15) is 0 Å². The van der Waals surface area contributed by atoms with Crippen LogP contribution in [0.1, 0.15) is 20.3 Å². The molecular formula is C12H20N2O6S. The molecule has 9 heteroatoms. The number of aliphatic hydroxyl groups is 2. The molecular weight excluding hydrogens is 300 g/mol. The van der Waals surface area contributed by atoms with Gasteiger partial charge < -0.3 is 25.5 Å². The van der Waals surface area contributed by atoms with Gasteiger partial charge in [0.15, 0.2) is 0 Å². The average molecular weight is 320 g/mol. The number of carboxylic acids is 1. The fraction of sp³-hybridized carbons (Fsp3) is 0.750. The number of aliphatic hydroxyl groups excluding tert-OH is 2. The molecule has 21 heavy (non-hydrogen) atoms. The summed E-state index contributed by atoms with van der Waals surface area (Å²) in [6.45, 7) is 3.01. The van der Waals surface area contributed by atoms with Crippen molar-refractivity contribution in [3.05, 3.63) is 0 Å². The zero-order valence-electron chi connectivity index (χ0n) is 11.9. The Morgan fingerprint density at radius 2 is 2.05 bits per heavy atom. The van der Waals surface area contributed by atoms with Crippen LogP contribution < -0.4 is 5.32 Å². The Hall–Kier alpha value is -1.32. The molecule has 3 atom stereocenters. The summed E-state index contributed by atoms with van der Waals surface area (Å²) in [6.07, 6.45) is 0.0790. The molecule has 0 bridgehead atoms. The van der Waals surface area contributed by atoms with Crippen LogP contribution in [0.15, 0.2) is 0 Å². The summed E-state index contributed by atoms with van der Waals surface area (Å²) in [5.41, 5.74) is 0. The molecule has 2 amide bonds. The highest BCUT2D eigenvalue weighted by molar-refractivity contribution is 8.46. The molecule has 0 spiro atoms. The molecule has 0 saturated carbocycles. The lowest BCUT2D eigenvalue weighted by molar-refractivity contribution is -0.157. The molecule has 2 rings (SSSR count). The van der Waals surface area contributed by atoms with E-state index in [2.05, 4.69) is 5.32 Å². The molecule has 4 N–H and O–H groups in total. The second kappa shape index (κ2) is 5.15. The molecule has 0 aromatic carbocycles. The molecule has 2 aliphatic rings. The summed E-state index contributed by atoms with van der Waals surface area (Å²) >= 11 is 0. The molecule has 0 radical (unpaired) electrons. The summed E-state index contributed by atoms with van der Waals surface area (Å²) in [5, 5.41) is 29.7. The van der Waals surface area contributed by atoms with Crippen molar-refractivity contribution in [1.29, 1.82) is 0 Å². The van der Waals surface area contributed by atoms with Crippen LogP contribution in [0.3, 0.4) is 0 Å². The van der Waals surface area contributed by atoms with E-state index in [1.807, 2.05) is 0 Å². The van der Waals surface area contributed by atoms with Crippen molar-refractivity contribution in [3.8, 4) is 0 Å². The van der Waals surface area contributed by atoms with Crippen LogP contribution in [0, 0.1) is 0 Å². The molecule has 2 heterocycles. The minimum absolute atomic E-state index is 0.0298. The van der Waals surface area contributed by atoms with Crippen molar-refractivity contribution in [3.63, 3.8) is 0 Å². The molecule has 0 aromatic heterocycles. The lowest BCUT2D eigenvalue weighted by atomic mass is 9.98. The van der Waals surface area contributed by atoms with Gasteiger partial charge in [0, 0.05) is 11.3 Å². The Kier molecular flexibility index (Phi) is 3.94. The maximum absolute atomic E-state index is 12.6. The largest absolute Gasteiger partial charge is 0.480 e. The number of fused-ring (bicyclic) bond motifs is 1. The molecule has 0 aliphatic carbocycles. The normalized spacial score (nSPS) is 36.4. The van der Waals surface area contributed by atoms with E-state index in [9.17, 15) is 24.6 Å². The molecule has 2 saturated heterocycles. The third kappa shape index (κ3) is 1.87. The van der Waals surface area contributed by atoms with E-state index in [-0.39, 0.29) is 25.5 Å². The first-order valence-electron chi connectivity index (χ1n) is 6.58. The van der Waals surface area contributed by atoms with E-state index < -0.39 is 43.3 Å². The van der Waals surface area contributed by atoms with Gasteiger partial charge in [-0.1, -0.05) is 0 Å². The fourth-order valence-electron chi connectivity index (χ4n) is 3.31. The highest BCUT2D eigenvalue weighted by Crippen LogP contribution is 2.73. The minimum Gasteiger partial charge on any atom is -0.480 e. The molecule has 1 unspecified atom stereocenters. The number of nitrogens with one attached hydrogen (secondary N) is 1. The topological polar surface area (TPSA) is 127 Å². The first-order valence-corrected chi connectivity index (χ1v) is 8.45. The maximum Gasteiger partial charge on any atom is 0.327 e. The number of aliphatic carboxylic acids is 1. The van der Waals surface area contributed by atoms with Crippen LogP contribution >= 0.6 is 10.0 Å². The van der Waals surface area contributed by atoms with E-state index in [1.54, 1.807) is 13.8 Å². The van der Waals surface area contributed by atoms with Gasteiger partial charge in [-0.15, -0.1) is 10.0 Å². The van der Waals surface area contributed by atoms with E-state index in [0.717, 1.165) is 0 Å². The Balaban J connectivity index is 2.47. The Morgan fingerprint density at radius 1 is 1.43 bits per heavy atom. The zero-order chi connectivity index (χ0) is 16.0. The van der Waals surface area contributed by atoms with Gasteiger partial charge in [0.1, 0.15) is 6.04 Å². The zero-order valence-corrected chi connectivity index (χ0v) is 12.7. The van der Waals surface area contributed by atoms with Gasteiger partial charge >= 0.3 is 5.97 Å². The molecule has 120 valence electrons. The van der Waals surface area contributed by atoms with E-state index in [4.69, 9.17) is 5.11 Å². The number of carbonyl (C=O) groups is 3. The van der Waals surface area contributed by atoms with Gasteiger partial charge in [0.05, 0.1) is 24.3 Å². The quantitative estimate of drug-likeness (QED) is 0.505. The van der Waals surface area contributed by atoms with Gasteiger partial charge in [-0.3, -0.25) is 9.59 Å². The predicted molar refractivity (Wildman–Crippen MR) is 75.9 cm³/mol. The third-order valence-electron chi connectivity index (χ3n) is 4.44. The molecule has 0 aromatic rings. The highest BCUT2D eigenvalue weighted by Gasteiger charge is 2.71. The van der Waals surface area contributed by atoms with Crippen molar-refractivity contribution in [2.45, 2.75) is 36.4 Å². The summed E-state index contributed by atoms with van der Waals surface area (Å²) in [7, 11) is -2.48. The van der Waals surface area contributed by atoms with Gasteiger partial charge in [0.25, 0.3) is 5.24 Å². The van der Waals surface area contributed by atoms with Crippen molar-refractivity contribution in [2.75, 3.05) is 19.1 Å². The maximum atomic E-state index is 12.6. The van der Waals surface area contributed by atoms with Crippen molar-refractivity contribution in [2.24, 2.45) is 0 Å². The number of carboxylic acid groups (broad SMARTS) is 1. The number of amides is 2. The Morgan fingerprint density at radius 3 is 2.43 bits per heavy atom. The van der Waals surface area contributed by atoms with Crippen LogP contribution in [0.2, 0.25) is 0 Å². The summed E-state index contributed by atoms with van der Waals surface area (Å²) < 4.78 is -1.05. The Bertz CT molecular complexity index is 496. The van der Waals surface area contributed by atoms with E-state index in [1.165, 1.54) is 4.90 Å². The van der Waals surface area contributed by atoms with Crippen LogP contribution in [0.5, 0.6) is 0 Å². The van der Waals surface area contributed by atoms with Gasteiger partial charge in [-0.05, 0) is 13.8 Å². The van der Waals surface area contributed by atoms with Crippen molar-refractivity contribution in [1.82, 2.24) is 10.2 Å². The molecule has 8 nitrogen and oxygen atoms in total. The summed E-state index contributed by atoms with van der Waals surface area (Å²) in [5.74, 6) is -1.95. The predicted octanol–water partition coefficient (Wildman–Crippen LogP) is -0.753. The lowest BCUT2D eigenvalue weighted by Crippen LogP contribution is -2.57. The van der Waals surface area contributed by atoms with Crippen LogP contribution in [0.4, 0.5) is 4.79 Å². The second-order valence-corrected chi connectivity index (χ2v) is 9.48. The van der Waals surface area contributed by atoms with Gasteiger partial charge in [0.2, 0.25) is 5.91 Å².